The number of hydrogen-bond donors (Lipinski definition) is 1. The van der Waals surface area contributed by atoms with Gasteiger partial charge in [-0.25, -0.2) is 4.68 Å². The van der Waals surface area contributed by atoms with E-state index in [4.69, 9.17) is 10.5 Å². The molecule has 2 aromatic rings. The van der Waals surface area contributed by atoms with E-state index in [1.165, 1.54) is 0 Å². The van der Waals surface area contributed by atoms with Gasteiger partial charge >= 0.3 is 0 Å². The minimum absolute atomic E-state index is 0.170. The number of aromatic nitrogens is 4. The van der Waals surface area contributed by atoms with E-state index in [2.05, 4.69) is 38.4 Å². The minimum Gasteiger partial charge on any atom is -0.398 e. The molecule has 21 heavy (non-hydrogen) atoms. The van der Waals surface area contributed by atoms with Gasteiger partial charge in [-0.15, -0.1) is 5.10 Å². The first kappa shape index (κ1) is 14.5. The Morgan fingerprint density at radius 1 is 1.38 bits per heavy atom. The van der Waals surface area contributed by atoms with Crippen LogP contribution in [0.1, 0.15) is 19.8 Å². The molecular formula is C14H18BrN5O. The average Bonchev–Trinajstić information content (AvgIpc) is 2.90. The molecule has 112 valence electrons. The van der Waals surface area contributed by atoms with E-state index in [9.17, 15) is 0 Å². The van der Waals surface area contributed by atoms with Crippen molar-refractivity contribution in [2.75, 3.05) is 18.9 Å². The Morgan fingerprint density at radius 2 is 2.14 bits per heavy atom. The third-order valence-electron chi connectivity index (χ3n) is 4.02. The van der Waals surface area contributed by atoms with Crippen LogP contribution in [0.4, 0.5) is 5.69 Å². The third-order valence-corrected chi connectivity index (χ3v) is 4.74. The van der Waals surface area contributed by atoms with Gasteiger partial charge < -0.3 is 10.5 Å². The zero-order valence-electron chi connectivity index (χ0n) is 11.9. The van der Waals surface area contributed by atoms with Gasteiger partial charge in [0.1, 0.15) is 0 Å². The third kappa shape index (κ3) is 3.08. The maximum atomic E-state index is 5.95. The standard InChI is InChI=1S/C14H18BrN5O/c1-14(4-6-21-7-5-14)9-20-13(17-18-19-20)10-2-3-11(15)12(16)8-10/h2-3,8H,4-7,9,16H2,1H3. The van der Waals surface area contributed by atoms with Crippen molar-refractivity contribution in [1.29, 1.82) is 0 Å². The summed E-state index contributed by atoms with van der Waals surface area (Å²) in [7, 11) is 0. The lowest BCUT2D eigenvalue weighted by Gasteiger charge is -2.33. The van der Waals surface area contributed by atoms with E-state index in [0.29, 0.717) is 5.69 Å². The van der Waals surface area contributed by atoms with Crippen LogP contribution in [-0.4, -0.2) is 33.4 Å². The lowest BCUT2D eigenvalue weighted by molar-refractivity contribution is 0.0138. The fourth-order valence-electron chi connectivity index (χ4n) is 2.58. The SMILES string of the molecule is CC1(Cn2nnnc2-c2ccc(Br)c(N)c2)CCOCC1. The monoisotopic (exact) mass is 351 g/mol. The summed E-state index contributed by atoms with van der Waals surface area (Å²) in [5.41, 5.74) is 7.72. The maximum Gasteiger partial charge on any atom is 0.182 e. The second kappa shape index (κ2) is 5.73. The van der Waals surface area contributed by atoms with Crippen LogP contribution in [0, 0.1) is 5.41 Å². The van der Waals surface area contributed by atoms with E-state index in [1.807, 2.05) is 22.9 Å². The van der Waals surface area contributed by atoms with E-state index >= 15 is 0 Å². The second-order valence-corrected chi connectivity index (χ2v) is 6.67. The van der Waals surface area contributed by atoms with Crippen molar-refractivity contribution in [1.82, 2.24) is 20.2 Å². The number of tetrazole rings is 1. The largest absolute Gasteiger partial charge is 0.398 e. The molecule has 0 bridgehead atoms. The topological polar surface area (TPSA) is 78.9 Å². The molecule has 0 spiro atoms. The van der Waals surface area contributed by atoms with Crippen molar-refractivity contribution in [3.05, 3.63) is 22.7 Å². The summed E-state index contributed by atoms with van der Waals surface area (Å²) < 4.78 is 8.19. The molecule has 0 unspecified atom stereocenters. The van der Waals surface area contributed by atoms with Crippen molar-refractivity contribution >= 4 is 21.6 Å². The van der Waals surface area contributed by atoms with Crippen LogP contribution < -0.4 is 5.73 Å². The highest BCUT2D eigenvalue weighted by Gasteiger charge is 2.29. The number of nitrogen functional groups attached to an aromatic ring is 1. The number of nitrogens with two attached hydrogens (primary N) is 1. The maximum absolute atomic E-state index is 5.95. The molecule has 3 rings (SSSR count). The molecule has 1 aliphatic heterocycles. The molecule has 1 aromatic carbocycles. The van der Waals surface area contributed by atoms with Gasteiger partial charge in [-0.3, -0.25) is 0 Å². The zero-order chi connectivity index (χ0) is 14.9. The predicted octanol–water partition coefficient (Wildman–Crippen LogP) is 2.50. The summed E-state index contributed by atoms with van der Waals surface area (Å²) in [6.07, 6.45) is 2.05. The number of hydrogen-bond acceptors (Lipinski definition) is 5. The Kier molecular flexibility index (Phi) is 3.95. The normalized spacial score (nSPS) is 17.8. The fraction of sp³-hybridized carbons (Fsp3) is 0.500. The Hall–Kier alpha value is -1.47. The summed E-state index contributed by atoms with van der Waals surface area (Å²) in [4.78, 5) is 0. The first-order chi connectivity index (χ1) is 10.1. The number of rotatable bonds is 3. The lowest BCUT2D eigenvalue weighted by atomic mass is 9.82. The van der Waals surface area contributed by atoms with Gasteiger partial charge in [0.15, 0.2) is 5.82 Å². The number of ether oxygens (including phenoxy) is 1. The average molecular weight is 352 g/mol. The number of anilines is 1. The first-order valence-electron chi connectivity index (χ1n) is 6.97. The molecule has 0 radical (unpaired) electrons. The molecule has 0 aliphatic carbocycles. The lowest BCUT2D eigenvalue weighted by Crippen LogP contribution is -2.31. The van der Waals surface area contributed by atoms with Crippen LogP contribution in [0.15, 0.2) is 22.7 Å². The molecular weight excluding hydrogens is 334 g/mol. The summed E-state index contributed by atoms with van der Waals surface area (Å²) in [5, 5.41) is 12.1. The van der Waals surface area contributed by atoms with Gasteiger partial charge in [-0.05, 0) is 62.8 Å². The Labute approximate surface area is 131 Å². The van der Waals surface area contributed by atoms with Gasteiger partial charge in [0.05, 0.1) is 6.54 Å². The molecule has 0 atom stereocenters. The highest BCUT2D eigenvalue weighted by atomic mass is 79.9. The minimum atomic E-state index is 0.170. The highest BCUT2D eigenvalue weighted by molar-refractivity contribution is 9.10. The molecule has 2 heterocycles. The molecule has 0 saturated carbocycles. The summed E-state index contributed by atoms with van der Waals surface area (Å²) in [6.45, 7) is 4.66. The van der Waals surface area contributed by atoms with Crippen molar-refractivity contribution in [2.24, 2.45) is 5.41 Å². The van der Waals surface area contributed by atoms with Gasteiger partial charge in [-0.2, -0.15) is 0 Å². The number of halogens is 1. The van der Waals surface area contributed by atoms with Crippen molar-refractivity contribution in [3.63, 3.8) is 0 Å². The van der Waals surface area contributed by atoms with Gasteiger partial charge in [-0.1, -0.05) is 6.92 Å². The van der Waals surface area contributed by atoms with E-state index in [-0.39, 0.29) is 5.41 Å². The van der Waals surface area contributed by atoms with Gasteiger partial charge in [0.25, 0.3) is 0 Å². The number of benzene rings is 1. The summed E-state index contributed by atoms with van der Waals surface area (Å²) in [5.74, 6) is 0.752. The van der Waals surface area contributed by atoms with Crippen LogP contribution in [0.25, 0.3) is 11.4 Å². The van der Waals surface area contributed by atoms with E-state index < -0.39 is 0 Å². The van der Waals surface area contributed by atoms with E-state index in [1.54, 1.807) is 0 Å². The quantitative estimate of drug-likeness (QED) is 0.859. The Bertz CT molecular complexity index is 636. The smallest absolute Gasteiger partial charge is 0.182 e. The Balaban J connectivity index is 1.88. The van der Waals surface area contributed by atoms with Crippen LogP contribution >= 0.6 is 15.9 Å². The van der Waals surface area contributed by atoms with Crippen LogP contribution in [0.3, 0.4) is 0 Å². The van der Waals surface area contributed by atoms with Crippen LogP contribution in [0.2, 0.25) is 0 Å². The number of nitrogens with zero attached hydrogens (tertiary/aromatic N) is 4. The first-order valence-corrected chi connectivity index (χ1v) is 7.76. The van der Waals surface area contributed by atoms with E-state index in [0.717, 1.165) is 48.5 Å². The Morgan fingerprint density at radius 3 is 2.86 bits per heavy atom. The van der Waals surface area contributed by atoms with Gasteiger partial charge in [0.2, 0.25) is 0 Å². The zero-order valence-corrected chi connectivity index (χ0v) is 13.5. The molecule has 1 fully saturated rings. The molecule has 1 saturated heterocycles. The molecule has 2 N–H and O–H groups in total. The molecule has 7 heteroatoms. The second-order valence-electron chi connectivity index (χ2n) is 5.82. The molecule has 1 aromatic heterocycles. The summed E-state index contributed by atoms with van der Waals surface area (Å²) in [6, 6.07) is 5.77. The molecule has 6 nitrogen and oxygen atoms in total. The van der Waals surface area contributed by atoms with Crippen molar-refractivity contribution in [3.8, 4) is 11.4 Å². The van der Waals surface area contributed by atoms with Crippen molar-refractivity contribution < 1.29 is 4.74 Å². The fourth-order valence-corrected chi connectivity index (χ4v) is 2.83. The van der Waals surface area contributed by atoms with Crippen LogP contribution in [0.5, 0.6) is 0 Å². The molecule has 1 aliphatic rings. The summed E-state index contributed by atoms with van der Waals surface area (Å²) >= 11 is 3.40. The van der Waals surface area contributed by atoms with Crippen molar-refractivity contribution in [2.45, 2.75) is 26.3 Å². The highest BCUT2D eigenvalue weighted by Crippen LogP contribution is 2.33. The van der Waals surface area contributed by atoms with Gasteiger partial charge in [0, 0.05) is 28.9 Å². The predicted molar refractivity (Wildman–Crippen MR) is 83.5 cm³/mol. The molecule has 0 amide bonds. The van der Waals surface area contributed by atoms with Crippen LogP contribution in [-0.2, 0) is 11.3 Å².